The van der Waals surface area contributed by atoms with Crippen molar-refractivity contribution in [3.63, 3.8) is 0 Å². The summed E-state index contributed by atoms with van der Waals surface area (Å²) in [5.74, 6) is 0.924. The van der Waals surface area contributed by atoms with Crippen molar-refractivity contribution in [2.75, 3.05) is 12.4 Å². The topological polar surface area (TPSA) is 86.5 Å². The zero-order valence-corrected chi connectivity index (χ0v) is 14.9. The fraction of sp³-hybridized carbons (Fsp3) is 0.167. The summed E-state index contributed by atoms with van der Waals surface area (Å²) in [5.41, 5.74) is 1.13. The molecule has 0 bridgehead atoms. The minimum Gasteiger partial charge on any atom is -0.497 e. The Morgan fingerprint density at radius 1 is 1.15 bits per heavy atom. The van der Waals surface area contributed by atoms with Gasteiger partial charge in [0, 0.05) is 5.56 Å². The van der Waals surface area contributed by atoms with E-state index in [2.05, 4.69) is 15.6 Å². The lowest BCUT2D eigenvalue weighted by atomic mass is 10.1. The number of carbonyl (C=O) groups is 1. The van der Waals surface area contributed by atoms with Gasteiger partial charge in [-0.25, -0.2) is 4.63 Å². The maximum Gasteiger partial charge on any atom is 0.266 e. The van der Waals surface area contributed by atoms with Gasteiger partial charge in [0.05, 0.1) is 12.1 Å². The highest BCUT2D eigenvalue weighted by Crippen LogP contribution is 2.27. The predicted molar refractivity (Wildman–Crippen MR) is 96.5 cm³/mol. The Hall–Kier alpha value is -3.06. The second-order valence-corrected chi connectivity index (χ2v) is 5.78. The van der Waals surface area contributed by atoms with Gasteiger partial charge < -0.3 is 14.8 Å². The lowest BCUT2D eigenvalue weighted by Gasteiger charge is -2.14. The third-order valence-electron chi connectivity index (χ3n) is 3.60. The Morgan fingerprint density at radius 3 is 2.58 bits per heavy atom. The molecule has 3 aromatic rings. The molecule has 1 aromatic heterocycles. The molecular weight excluding hydrogens is 358 g/mol. The molecule has 1 amide bonds. The first-order valence-electron chi connectivity index (χ1n) is 7.77. The summed E-state index contributed by atoms with van der Waals surface area (Å²) in [4.78, 5) is 12.4. The fourth-order valence-electron chi connectivity index (χ4n) is 2.21. The molecule has 7 nitrogen and oxygen atoms in total. The van der Waals surface area contributed by atoms with Crippen molar-refractivity contribution in [3.05, 3.63) is 53.6 Å². The zero-order chi connectivity index (χ0) is 18.5. The highest BCUT2D eigenvalue weighted by molar-refractivity contribution is 6.32. The Morgan fingerprint density at radius 2 is 1.88 bits per heavy atom. The van der Waals surface area contributed by atoms with Crippen LogP contribution in [0.25, 0.3) is 11.3 Å². The first-order valence-corrected chi connectivity index (χ1v) is 8.15. The fourth-order valence-corrected chi connectivity index (χ4v) is 2.39. The van der Waals surface area contributed by atoms with E-state index in [1.165, 1.54) is 0 Å². The molecule has 0 saturated heterocycles. The quantitative estimate of drug-likeness (QED) is 0.707. The second-order valence-electron chi connectivity index (χ2n) is 5.37. The van der Waals surface area contributed by atoms with Crippen LogP contribution in [-0.2, 0) is 4.79 Å². The highest BCUT2D eigenvalue weighted by atomic mass is 35.5. The van der Waals surface area contributed by atoms with Crippen molar-refractivity contribution in [1.29, 1.82) is 0 Å². The molecule has 134 valence electrons. The molecule has 0 saturated carbocycles. The molecule has 1 unspecified atom stereocenters. The number of hydrogen-bond acceptors (Lipinski definition) is 6. The summed E-state index contributed by atoms with van der Waals surface area (Å²) in [7, 11) is 1.58. The molecule has 0 spiro atoms. The number of aromatic nitrogens is 2. The number of ether oxygens (including phenoxy) is 2. The molecule has 0 fully saturated rings. The van der Waals surface area contributed by atoms with Crippen LogP contribution in [0.2, 0.25) is 5.02 Å². The summed E-state index contributed by atoms with van der Waals surface area (Å²) in [5, 5.41) is 10.7. The SMILES string of the molecule is COc1ccc(-c2nonc2NC(=O)C(C)Oc2ccccc2Cl)cc1. The second kappa shape index (κ2) is 7.88. The maximum atomic E-state index is 12.4. The standard InChI is InChI=1S/C18H16ClN3O4/c1-11(25-15-6-4-3-5-14(15)19)18(23)20-17-16(21-26-22-17)12-7-9-13(24-2)10-8-12/h3-11H,1-2H3,(H,20,22,23). The molecule has 1 atom stereocenters. The number of anilines is 1. The van der Waals surface area contributed by atoms with Crippen molar-refractivity contribution in [1.82, 2.24) is 10.3 Å². The average molecular weight is 374 g/mol. The normalized spacial score (nSPS) is 11.7. The van der Waals surface area contributed by atoms with Crippen LogP contribution in [-0.4, -0.2) is 29.4 Å². The number of carbonyl (C=O) groups excluding carboxylic acids is 1. The number of hydrogen-bond donors (Lipinski definition) is 1. The molecule has 1 heterocycles. The molecular formula is C18H16ClN3O4. The summed E-state index contributed by atoms with van der Waals surface area (Å²) in [6.45, 7) is 1.61. The van der Waals surface area contributed by atoms with Gasteiger partial charge >= 0.3 is 0 Å². The number of nitrogens with zero attached hydrogens (tertiary/aromatic N) is 2. The van der Waals surface area contributed by atoms with Gasteiger partial charge in [-0.3, -0.25) is 4.79 Å². The number of para-hydroxylation sites is 1. The average Bonchev–Trinajstić information content (AvgIpc) is 3.11. The lowest BCUT2D eigenvalue weighted by molar-refractivity contribution is -0.122. The highest BCUT2D eigenvalue weighted by Gasteiger charge is 2.21. The molecule has 0 aliphatic rings. The third-order valence-corrected chi connectivity index (χ3v) is 3.92. The van der Waals surface area contributed by atoms with E-state index in [-0.39, 0.29) is 5.82 Å². The van der Waals surface area contributed by atoms with Crippen LogP contribution in [0.1, 0.15) is 6.92 Å². The number of methoxy groups -OCH3 is 1. The lowest BCUT2D eigenvalue weighted by Crippen LogP contribution is -2.30. The van der Waals surface area contributed by atoms with Gasteiger partial charge in [0.1, 0.15) is 11.5 Å². The van der Waals surface area contributed by atoms with E-state index in [4.69, 9.17) is 25.7 Å². The van der Waals surface area contributed by atoms with Gasteiger partial charge in [0.25, 0.3) is 5.91 Å². The minimum atomic E-state index is -0.796. The van der Waals surface area contributed by atoms with E-state index in [1.807, 2.05) is 0 Å². The molecule has 2 aromatic carbocycles. The summed E-state index contributed by atoms with van der Waals surface area (Å²) < 4.78 is 15.5. The Balaban J connectivity index is 1.72. The van der Waals surface area contributed by atoms with Crippen LogP contribution in [0.3, 0.4) is 0 Å². The van der Waals surface area contributed by atoms with E-state index in [1.54, 1.807) is 62.6 Å². The first-order chi connectivity index (χ1) is 12.6. The van der Waals surface area contributed by atoms with Gasteiger partial charge in [0.2, 0.25) is 5.82 Å². The largest absolute Gasteiger partial charge is 0.497 e. The van der Waals surface area contributed by atoms with Gasteiger partial charge in [-0.15, -0.1) is 0 Å². The number of nitrogens with one attached hydrogen (secondary N) is 1. The van der Waals surface area contributed by atoms with Gasteiger partial charge in [-0.2, -0.15) is 0 Å². The summed E-state index contributed by atoms with van der Waals surface area (Å²) in [6.07, 6.45) is -0.796. The van der Waals surface area contributed by atoms with E-state index < -0.39 is 12.0 Å². The third kappa shape index (κ3) is 3.94. The molecule has 0 aliphatic heterocycles. The number of rotatable bonds is 6. The van der Waals surface area contributed by atoms with Crippen molar-refractivity contribution in [3.8, 4) is 22.8 Å². The smallest absolute Gasteiger partial charge is 0.266 e. The first kappa shape index (κ1) is 17.8. The summed E-state index contributed by atoms with van der Waals surface area (Å²) >= 11 is 6.04. The van der Waals surface area contributed by atoms with E-state index in [0.29, 0.717) is 22.2 Å². The number of amides is 1. The van der Waals surface area contributed by atoms with Crippen LogP contribution in [0, 0.1) is 0 Å². The van der Waals surface area contributed by atoms with Gasteiger partial charge in [-0.1, -0.05) is 23.7 Å². The molecule has 1 N–H and O–H groups in total. The zero-order valence-electron chi connectivity index (χ0n) is 14.1. The van der Waals surface area contributed by atoms with Crippen LogP contribution < -0.4 is 14.8 Å². The molecule has 8 heteroatoms. The Labute approximate surface area is 154 Å². The van der Waals surface area contributed by atoms with Crippen LogP contribution in [0.5, 0.6) is 11.5 Å². The molecule has 3 rings (SSSR count). The van der Waals surface area contributed by atoms with E-state index in [9.17, 15) is 4.79 Å². The van der Waals surface area contributed by atoms with Gasteiger partial charge in [0.15, 0.2) is 11.8 Å². The molecule has 0 aliphatic carbocycles. The van der Waals surface area contributed by atoms with Crippen molar-refractivity contribution >= 4 is 23.3 Å². The van der Waals surface area contributed by atoms with Crippen molar-refractivity contribution in [2.24, 2.45) is 0 Å². The van der Waals surface area contributed by atoms with Crippen molar-refractivity contribution in [2.45, 2.75) is 13.0 Å². The minimum absolute atomic E-state index is 0.203. The molecule has 0 radical (unpaired) electrons. The maximum absolute atomic E-state index is 12.4. The molecule has 26 heavy (non-hydrogen) atoms. The van der Waals surface area contributed by atoms with Crippen LogP contribution >= 0.6 is 11.6 Å². The summed E-state index contributed by atoms with van der Waals surface area (Å²) in [6, 6.07) is 14.1. The van der Waals surface area contributed by atoms with Crippen LogP contribution in [0.15, 0.2) is 53.2 Å². The van der Waals surface area contributed by atoms with E-state index >= 15 is 0 Å². The Kier molecular flexibility index (Phi) is 5.38. The van der Waals surface area contributed by atoms with Crippen LogP contribution in [0.4, 0.5) is 5.82 Å². The van der Waals surface area contributed by atoms with Gasteiger partial charge in [-0.05, 0) is 53.6 Å². The Bertz CT molecular complexity index is 895. The van der Waals surface area contributed by atoms with Crippen molar-refractivity contribution < 1.29 is 18.9 Å². The number of halogens is 1. The number of benzene rings is 2. The monoisotopic (exact) mass is 373 g/mol. The van der Waals surface area contributed by atoms with E-state index in [0.717, 1.165) is 5.56 Å². The predicted octanol–water partition coefficient (Wildman–Crippen LogP) is 3.80.